The van der Waals surface area contributed by atoms with Crippen LogP contribution >= 0.6 is 28.1 Å². The van der Waals surface area contributed by atoms with Gasteiger partial charge in [-0.1, -0.05) is 13.3 Å². The molecule has 0 unspecified atom stereocenters. The highest BCUT2D eigenvalue weighted by Gasteiger charge is 2.17. The molecule has 0 fully saturated rings. The van der Waals surface area contributed by atoms with Crippen molar-refractivity contribution < 1.29 is 27.4 Å². The Balaban J connectivity index is 1.61. The molecule has 38 heavy (non-hydrogen) atoms. The number of unbranched alkanes of at least 4 members (excludes halogenated alkanes) is 1. The lowest BCUT2D eigenvalue weighted by Gasteiger charge is -2.12. The second-order valence-corrected chi connectivity index (χ2v) is 10.6. The molecule has 0 aliphatic heterocycles. The molecule has 202 valence electrons. The van der Waals surface area contributed by atoms with Gasteiger partial charge in [-0.2, -0.15) is 9.97 Å². The van der Waals surface area contributed by atoms with Gasteiger partial charge in [0, 0.05) is 17.3 Å². The minimum Gasteiger partial charge on any atom is -0.492 e. The molecule has 1 aromatic heterocycles. The van der Waals surface area contributed by atoms with E-state index in [0.29, 0.717) is 28.1 Å². The summed E-state index contributed by atoms with van der Waals surface area (Å²) in [4.78, 5) is 20.5. The smallest absolute Gasteiger partial charge is 0.321 e. The van der Waals surface area contributed by atoms with Crippen LogP contribution in [-0.4, -0.2) is 50.2 Å². The van der Waals surface area contributed by atoms with Crippen molar-refractivity contribution in [2.24, 2.45) is 0 Å². The van der Waals surface area contributed by atoms with Crippen molar-refractivity contribution in [2.45, 2.75) is 24.7 Å². The maximum absolute atomic E-state index is 12.8. The second kappa shape index (κ2) is 13.3. The van der Waals surface area contributed by atoms with Gasteiger partial charge in [0.05, 0.1) is 30.2 Å². The van der Waals surface area contributed by atoms with Crippen LogP contribution in [0.1, 0.15) is 30.1 Å². The number of aromatic nitrogens is 2. The third kappa shape index (κ3) is 8.00. The number of hydrogen-bond donors (Lipinski definition) is 3. The van der Waals surface area contributed by atoms with E-state index in [2.05, 4.69) is 48.2 Å². The van der Waals surface area contributed by atoms with E-state index in [1.54, 1.807) is 18.2 Å². The van der Waals surface area contributed by atoms with Crippen LogP contribution < -0.4 is 29.6 Å². The van der Waals surface area contributed by atoms with Gasteiger partial charge in [0.1, 0.15) is 5.75 Å². The SMILES string of the molecule is CCCCOc1ccc(C(=O)NC(=S)Nc2ccc(S(=O)(=O)Nc3cc(OC)nc(OC)n3)cc2)cc1Br. The number of sulfonamides is 1. The van der Waals surface area contributed by atoms with Gasteiger partial charge in [-0.25, -0.2) is 8.42 Å². The molecule has 1 heterocycles. The van der Waals surface area contributed by atoms with Gasteiger partial charge in [-0.05, 0) is 77.0 Å². The molecule has 0 bridgehead atoms. The van der Waals surface area contributed by atoms with E-state index in [4.69, 9.17) is 26.4 Å². The molecule has 1 amide bonds. The highest BCUT2D eigenvalue weighted by Crippen LogP contribution is 2.26. The summed E-state index contributed by atoms with van der Waals surface area (Å²) < 4.78 is 44.3. The van der Waals surface area contributed by atoms with Crippen molar-refractivity contribution in [1.82, 2.24) is 15.3 Å². The zero-order chi connectivity index (χ0) is 27.7. The molecule has 3 N–H and O–H groups in total. The summed E-state index contributed by atoms with van der Waals surface area (Å²) in [6, 6.07) is 12.0. The first-order valence-corrected chi connectivity index (χ1v) is 14.0. The standard InChI is InChI=1S/C24H26BrN5O6S2/c1-4-5-12-36-19-11-6-15(13-18(19)25)22(31)29-24(37)26-16-7-9-17(10-8-16)38(32,33)30-20-14-21(34-2)28-23(27-20)35-3/h6-11,13-14H,4-5,12H2,1-3H3,(H,27,28,30)(H2,26,29,31,37). The number of methoxy groups -OCH3 is 2. The van der Waals surface area contributed by atoms with Crippen LogP contribution in [0.2, 0.25) is 0 Å². The molecule has 0 spiro atoms. The molecule has 3 rings (SSSR count). The van der Waals surface area contributed by atoms with E-state index in [1.807, 2.05) is 0 Å². The number of benzene rings is 2. The van der Waals surface area contributed by atoms with Gasteiger partial charge in [0.2, 0.25) is 5.88 Å². The predicted octanol–water partition coefficient (Wildman–Crippen LogP) is 4.36. The van der Waals surface area contributed by atoms with Crippen molar-refractivity contribution in [3.8, 4) is 17.6 Å². The monoisotopic (exact) mass is 623 g/mol. The maximum Gasteiger partial charge on any atom is 0.321 e. The van der Waals surface area contributed by atoms with E-state index < -0.39 is 15.9 Å². The molecule has 0 aliphatic carbocycles. The molecule has 2 aromatic carbocycles. The Morgan fingerprint density at radius 1 is 1.05 bits per heavy atom. The number of rotatable bonds is 11. The van der Waals surface area contributed by atoms with Crippen molar-refractivity contribution in [3.05, 3.63) is 58.6 Å². The number of nitrogens with one attached hydrogen (secondary N) is 3. The molecule has 0 aliphatic rings. The Hall–Kier alpha value is -3.49. The molecule has 3 aromatic rings. The van der Waals surface area contributed by atoms with Crippen LogP contribution in [0, 0.1) is 0 Å². The minimum atomic E-state index is -3.98. The average molecular weight is 625 g/mol. The lowest BCUT2D eigenvalue weighted by molar-refractivity contribution is 0.0977. The van der Waals surface area contributed by atoms with Crippen molar-refractivity contribution >= 4 is 60.7 Å². The fourth-order valence-electron chi connectivity index (χ4n) is 2.99. The van der Waals surface area contributed by atoms with E-state index in [0.717, 1.165) is 12.8 Å². The molecule has 0 atom stereocenters. The van der Waals surface area contributed by atoms with Gasteiger partial charge in [0.25, 0.3) is 15.9 Å². The third-order valence-corrected chi connectivity index (χ3v) is 7.11. The number of hydrogen-bond acceptors (Lipinski definition) is 9. The molecule has 0 radical (unpaired) electrons. The fourth-order valence-corrected chi connectivity index (χ4v) is 4.69. The summed E-state index contributed by atoms with van der Waals surface area (Å²) in [5.74, 6) is 0.348. The normalized spacial score (nSPS) is 10.8. The van der Waals surface area contributed by atoms with Crippen LogP contribution in [0.25, 0.3) is 0 Å². The van der Waals surface area contributed by atoms with Crippen LogP contribution in [0.5, 0.6) is 17.6 Å². The molecule has 14 heteroatoms. The molecule has 11 nitrogen and oxygen atoms in total. The number of ether oxygens (including phenoxy) is 3. The van der Waals surface area contributed by atoms with Gasteiger partial charge in [-0.15, -0.1) is 0 Å². The summed E-state index contributed by atoms with van der Waals surface area (Å²) in [5, 5.41) is 5.49. The highest BCUT2D eigenvalue weighted by atomic mass is 79.9. The Kier molecular flexibility index (Phi) is 10.2. The lowest BCUT2D eigenvalue weighted by Crippen LogP contribution is -2.34. The Morgan fingerprint density at radius 2 is 1.79 bits per heavy atom. The van der Waals surface area contributed by atoms with E-state index >= 15 is 0 Å². The topological polar surface area (TPSA) is 141 Å². The summed E-state index contributed by atoms with van der Waals surface area (Å²) in [7, 11) is -1.24. The second-order valence-electron chi connectivity index (χ2n) is 7.67. The highest BCUT2D eigenvalue weighted by molar-refractivity contribution is 9.10. The average Bonchev–Trinajstić information content (AvgIpc) is 2.89. The van der Waals surface area contributed by atoms with Crippen LogP contribution in [0.4, 0.5) is 11.5 Å². The lowest BCUT2D eigenvalue weighted by atomic mass is 10.2. The van der Waals surface area contributed by atoms with Crippen LogP contribution in [-0.2, 0) is 10.0 Å². The zero-order valence-electron chi connectivity index (χ0n) is 20.8. The maximum atomic E-state index is 12.8. The first kappa shape index (κ1) is 29.1. The Morgan fingerprint density at radius 3 is 2.42 bits per heavy atom. The van der Waals surface area contributed by atoms with E-state index in [1.165, 1.54) is 44.6 Å². The Labute approximate surface area is 234 Å². The molecular formula is C24H26BrN5O6S2. The molecular weight excluding hydrogens is 598 g/mol. The number of nitrogens with zero attached hydrogens (tertiary/aromatic N) is 2. The number of anilines is 2. The summed E-state index contributed by atoms with van der Waals surface area (Å²) in [5.41, 5.74) is 0.856. The third-order valence-electron chi connectivity index (χ3n) is 4.91. The number of halogens is 1. The van der Waals surface area contributed by atoms with Crippen molar-refractivity contribution in [3.63, 3.8) is 0 Å². The first-order chi connectivity index (χ1) is 18.1. The predicted molar refractivity (Wildman–Crippen MR) is 151 cm³/mol. The van der Waals surface area contributed by atoms with Crippen molar-refractivity contribution in [2.75, 3.05) is 30.9 Å². The molecule has 0 saturated heterocycles. The Bertz CT molecular complexity index is 1380. The van der Waals surface area contributed by atoms with Gasteiger partial charge in [0.15, 0.2) is 10.9 Å². The largest absolute Gasteiger partial charge is 0.492 e. The summed E-state index contributed by atoms with van der Waals surface area (Å²) in [6.45, 7) is 2.67. The number of carbonyl (C=O) groups is 1. The quantitative estimate of drug-likeness (QED) is 0.208. The summed E-state index contributed by atoms with van der Waals surface area (Å²) in [6.07, 6.45) is 1.96. The van der Waals surface area contributed by atoms with Crippen LogP contribution in [0.15, 0.2) is 57.9 Å². The first-order valence-electron chi connectivity index (χ1n) is 11.3. The minimum absolute atomic E-state index is 0.0213. The number of thiocarbonyl (C=S) groups is 1. The molecule has 0 saturated carbocycles. The summed E-state index contributed by atoms with van der Waals surface area (Å²) >= 11 is 8.65. The van der Waals surface area contributed by atoms with E-state index in [9.17, 15) is 13.2 Å². The van der Waals surface area contributed by atoms with Gasteiger partial charge >= 0.3 is 6.01 Å². The number of amides is 1. The van der Waals surface area contributed by atoms with Crippen molar-refractivity contribution in [1.29, 1.82) is 0 Å². The van der Waals surface area contributed by atoms with E-state index in [-0.39, 0.29) is 27.7 Å². The zero-order valence-corrected chi connectivity index (χ0v) is 24.0. The number of carbonyl (C=O) groups excluding carboxylic acids is 1. The van der Waals surface area contributed by atoms with Gasteiger partial charge < -0.3 is 19.5 Å². The fraction of sp³-hybridized carbons (Fsp3) is 0.250. The van der Waals surface area contributed by atoms with Gasteiger partial charge in [-0.3, -0.25) is 14.8 Å². The van der Waals surface area contributed by atoms with Crippen LogP contribution in [0.3, 0.4) is 0 Å².